The first-order chi connectivity index (χ1) is 16.3. The van der Waals surface area contributed by atoms with Crippen molar-refractivity contribution >= 4 is 17.3 Å². The molecule has 0 bridgehead atoms. The first kappa shape index (κ1) is 24.5. The zero-order chi connectivity index (χ0) is 25.5. The molecule has 0 aliphatic rings. The molecule has 0 amide bonds. The fraction of sp³-hybridized carbons (Fsp3) is 0.174. The van der Waals surface area contributed by atoms with Gasteiger partial charge in [0.25, 0.3) is 0 Å². The van der Waals surface area contributed by atoms with Crippen molar-refractivity contribution in [3.8, 4) is 26.8 Å². The molecule has 0 radical (unpaired) electrons. The number of aliphatic carboxylic acids is 1. The van der Waals surface area contributed by atoms with Crippen molar-refractivity contribution in [1.82, 2.24) is 14.8 Å². The van der Waals surface area contributed by atoms with Gasteiger partial charge in [-0.3, -0.25) is 4.79 Å². The molecule has 0 saturated carbocycles. The summed E-state index contributed by atoms with van der Waals surface area (Å²) in [4.78, 5) is 15.5. The molecule has 3 heterocycles. The Morgan fingerprint density at radius 2 is 1.71 bits per heavy atom. The molecule has 0 fully saturated rings. The van der Waals surface area contributed by atoms with Crippen LogP contribution < -0.4 is 0 Å². The first-order valence-corrected chi connectivity index (χ1v) is 10.8. The predicted molar refractivity (Wildman–Crippen MR) is 116 cm³/mol. The number of alkyl halides is 6. The molecule has 1 N–H and O–H groups in total. The number of carboxylic acid groups (broad SMARTS) is 1. The highest BCUT2D eigenvalue weighted by molar-refractivity contribution is 7.18. The van der Waals surface area contributed by atoms with Crippen molar-refractivity contribution in [3.63, 3.8) is 0 Å². The molecular formula is C23H15F6N3O2S. The van der Waals surface area contributed by atoms with Gasteiger partial charge in [0.1, 0.15) is 5.56 Å². The van der Waals surface area contributed by atoms with Gasteiger partial charge >= 0.3 is 18.3 Å². The van der Waals surface area contributed by atoms with Gasteiger partial charge in [0, 0.05) is 11.1 Å². The SMILES string of the molecule is Cc1cc(CC(=O)O)ccc1-c1ccc(-c2cc(C(F)(F)F)nn2-c2ncccc2C(F)(F)F)s1. The molecule has 3 aromatic heterocycles. The van der Waals surface area contributed by atoms with E-state index < -0.39 is 35.4 Å². The van der Waals surface area contributed by atoms with Gasteiger partial charge < -0.3 is 5.11 Å². The number of aryl methyl sites for hydroxylation is 1. The molecule has 0 aliphatic carbocycles. The molecular weight excluding hydrogens is 496 g/mol. The number of carboxylic acids is 1. The summed E-state index contributed by atoms with van der Waals surface area (Å²) in [7, 11) is 0. The van der Waals surface area contributed by atoms with Gasteiger partial charge in [-0.2, -0.15) is 31.4 Å². The van der Waals surface area contributed by atoms with E-state index in [2.05, 4.69) is 10.1 Å². The van der Waals surface area contributed by atoms with Crippen LogP contribution in [0.1, 0.15) is 22.4 Å². The van der Waals surface area contributed by atoms with Crippen LogP contribution in [0, 0.1) is 6.92 Å². The number of halogens is 6. The van der Waals surface area contributed by atoms with Gasteiger partial charge in [-0.05, 0) is 53.9 Å². The van der Waals surface area contributed by atoms with E-state index in [-0.39, 0.29) is 17.0 Å². The lowest BCUT2D eigenvalue weighted by Crippen LogP contribution is -2.14. The minimum absolute atomic E-state index is 0.165. The van der Waals surface area contributed by atoms with Crippen LogP contribution in [0.5, 0.6) is 0 Å². The average Bonchev–Trinajstić information content (AvgIpc) is 3.40. The first-order valence-electron chi connectivity index (χ1n) is 9.96. The average molecular weight is 511 g/mol. The highest BCUT2D eigenvalue weighted by Crippen LogP contribution is 2.41. The van der Waals surface area contributed by atoms with Gasteiger partial charge in [0.2, 0.25) is 0 Å². The van der Waals surface area contributed by atoms with E-state index in [0.29, 0.717) is 26.8 Å². The number of hydrogen-bond acceptors (Lipinski definition) is 4. The van der Waals surface area contributed by atoms with Crippen LogP contribution in [-0.2, 0) is 23.6 Å². The third-order valence-electron chi connectivity index (χ3n) is 5.06. The minimum atomic E-state index is -4.89. The topological polar surface area (TPSA) is 68.0 Å². The van der Waals surface area contributed by atoms with E-state index >= 15 is 0 Å². The number of thiophene rings is 1. The maximum atomic E-state index is 13.6. The Labute approximate surface area is 198 Å². The Morgan fingerprint density at radius 3 is 2.34 bits per heavy atom. The summed E-state index contributed by atoms with van der Waals surface area (Å²) < 4.78 is 81.5. The van der Waals surface area contributed by atoms with Crippen molar-refractivity contribution in [1.29, 1.82) is 0 Å². The molecule has 0 atom stereocenters. The summed E-state index contributed by atoms with van der Waals surface area (Å²) in [5.74, 6) is -1.76. The Kier molecular flexibility index (Phi) is 6.18. The van der Waals surface area contributed by atoms with Gasteiger partial charge in [-0.1, -0.05) is 18.2 Å². The van der Waals surface area contributed by atoms with E-state index in [0.717, 1.165) is 35.2 Å². The van der Waals surface area contributed by atoms with Gasteiger partial charge in [0.15, 0.2) is 11.5 Å². The molecule has 1 aromatic carbocycles. The van der Waals surface area contributed by atoms with Crippen molar-refractivity contribution in [3.05, 3.63) is 77.1 Å². The predicted octanol–water partition coefficient (Wildman–Crippen LogP) is 6.64. The fourth-order valence-corrected chi connectivity index (χ4v) is 4.65. The number of carbonyl (C=O) groups is 1. The van der Waals surface area contributed by atoms with Crippen LogP contribution in [0.15, 0.2) is 54.7 Å². The molecule has 4 rings (SSSR count). The standard InChI is InChI=1S/C23H15F6N3O2S/c1-12-9-13(10-20(33)34)4-5-14(12)17-6-7-18(35-17)16-11-19(23(27,28)29)31-32(16)21-15(22(24,25)26)3-2-8-30-21/h2-9,11H,10H2,1H3,(H,33,34). The third-order valence-corrected chi connectivity index (χ3v) is 6.20. The Balaban J connectivity index is 1.83. The molecule has 35 heavy (non-hydrogen) atoms. The Morgan fingerprint density at radius 1 is 1.00 bits per heavy atom. The largest absolute Gasteiger partial charge is 0.481 e. The normalized spacial score (nSPS) is 12.2. The van der Waals surface area contributed by atoms with E-state index in [1.54, 1.807) is 31.2 Å². The number of pyridine rings is 1. The second-order valence-corrected chi connectivity index (χ2v) is 8.66. The highest BCUT2D eigenvalue weighted by Gasteiger charge is 2.39. The molecule has 182 valence electrons. The maximum absolute atomic E-state index is 13.6. The van der Waals surface area contributed by atoms with Crippen LogP contribution in [0.4, 0.5) is 26.3 Å². The van der Waals surface area contributed by atoms with Gasteiger partial charge in [-0.25, -0.2) is 9.67 Å². The van der Waals surface area contributed by atoms with Crippen LogP contribution in [0.25, 0.3) is 26.8 Å². The summed E-state index contributed by atoms with van der Waals surface area (Å²) in [5.41, 5.74) is -0.733. The molecule has 5 nitrogen and oxygen atoms in total. The molecule has 0 saturated heterocycles. The summed E-state index contributed by atoms with van der Waals surface area (Å²) in [6.07, 6.45) is -8.86. The molecule has 0 unspecified atom stereocenters. The lowest BCUT2D eigenvalue weighted by atomic mass is 10.0. The number of benzene rings is 1. The van der Waals surface area contributed by atoms with Crippen molar-refractivity contribution in [2.24, 2.45) is 0 Å². The summed E-state index contributed by atoms with van der Waals surface area (Å²) in [5, 5.41) is 12.4. The smallest absolute Gasteiger partial charge is 0.435 e. The van der Waals surface area contributed by atoms with E-state index in [1.807, 2.05) is 0 Å². The Hall–Kier alpha value is -3.67. The van der Waals surface area contributed by atoms with E-state index in [9.17, 15) is 31.1 Å². The number of rotatable bonds is 5. The molecule has 4 aromatic rings. The van der Waals surface area contributed by atoms with Crippen molar-refractivity contribution in [2.45, 2.75) is 25.7 Å². The number of aromatic nitrogens is 3. The summed E-state index contributed by atoms with van der Waals surface area (Å²) in [6.45, 7) is 1.76. The van der Waals surface area contributed by atoms with Crippen molar-refractivity contribution < 1.29 is 36.2 Å². The van der Waals surface area contributed by atoms with Gasteiger partial charge in [-0.15, -0.1) is 11.3 Å². The van der Waals surface area contributed by atoms with Crippen LogP contribution in [0.3, 0.4) is 0 Å². The maximum Gasteiger partial charge on any atom is 0.435 e. The van der Waals surface area contributed by atoms with Crippen LogP contribution >= 0.6 is 11.3 Å². The van der Waals surface area contributed by atoms with E-state index in [4.69, 9.17) is 5.11 Å². The lowest BCUT2D eigenvalue weighted by molar-refractivity contribution is -0.141. The van der Waals surface area contributed by atoms with E-state index in [1.165, 1.54) is 6.07 Å². The lowest BCUT2D eigenvalue weighted by Gasteiger charge is -2.13. The Bertz CT molecular complexity index is 1400. The second kappa shape index (κ2) is 8.84. The van der Waals surface area contributed by atoms with Gasteiger partial charge in [0.05, 0.1) is 17.0 Å². The molecule has 12 heteroatoms. The van der Waals surface area contributed by atoms with Crippen LogP contribution in [0.2, 0.25) is 0 Å². The van der Waals surface area contributed by atoms with Crippen molar-refractivity contribution in [2.75, 3.05) is 0 Å². The zero-order valence-electron chi connectivity index (χ0n) is 17.8. The third kappa shape index (κ3) is 5.06. The number of hydrogen-bond donors (Lipinski definition) is 1. The molecule has 0 spiro atoms. The minimum Gasteiger partial charge on any atom is -0.481 e. The molecule has 0 aliphatic heterocycles. The monoisotopic (exact) mass is 511 g/mol. The summed E-state index contributed by atoms with van der Waals surface area (Å²) in [6, 6.07) is 10.6. The highest BCUT2D eigenvalue weighted by atomic mass is 32.1. The summed E-state index contributed by atoms with van der Waals surface area (Å²) >= 11 is 1.07. The van der Waals surface area contributed by atoms with Crippen LogP contribution in [-0.4, -0.2) is 25.8 Å². The second-order valence-electron chi connectivity index (χ2n) is 7.58. The number of nitrogens with zero attached hydrogens (tertiary/aromatic N) is 3. The zero-order valence-corrected chi connectivity index (χ0v) is 18.6. The fourth-order valence-electron chi connectivity index (χ4n) is 3.55. The quantitative estimate of drug-likeness (QED) is 0.305.